The van der Waals surface area contributed by atoms with Crippen molar-refractivity contribution < 1.29 is 27.8 Å². The smallest absolute Gasteiger partial charge is 0.403 e. The van der Waals surface area contributed by atoms with Crippen LogP contribution < -0.4 is 5.32 Å². The third-order valence-electron chi connectivity index (χ3n) is 2.31. The van der Waals surface area contributed by atoms with E-state index in [2.05, 4.69) is 5.32 Å². The van der Waals surface area contributed by atoms with Gasteiger partial charge in [-0.1, -0.05) is 13.3 Å². The molecule has 0 aromatic heterocycles. The Balaban J connectivity index is 4.32. The lowest BCUT2D eigenvalue weighted by Gasteiger charge is -2.21. The highest BCUT2D eigenvalue weighted by molar-refractivity contribution is 5.71. The lowest BCUT2D eigenvalue weighted by molar-refractivity contribution is -0.192. The highest BCUT2D eigenvalue weighted by Crippen LogP contribution is 2.26. The second kappa shape index (κ2) is 7.50. The van der Waals surface area contributed by atoms with Gasteiger partial charge in [0.25, 0.3) is 0 Å². The van der Waals surface area contributed by atoms with Crippen molar-refractivity contribution in [3.05, 3.63) is 0 Å². The number of hydrogen-bond donors (Lipinski definition) is 2. The Kier molecular flexibility index (Phi) is 7.13. The Labute approximate surface area is 98.1 Å². The summed E-state index contributed by atoms with van der Waals surface area (Å²) in [7, 11) is 1.45. The highest BCUT2D eigenvalue weighted by Gasteiger charge is 2.44. The average molecular weight is 257 g/mol. The molecule has 0 saturated carbocycles. The van der Waals surface area contributed by atoms with Crippen LogP contribution in [0.2, 0.25) is 0 Å². The summed E-state index contributed by atoms with van der Waals surface area (Å²) in [4.78, 5) is 10.5. The predicted molar refractivity (Wildman–Crippen MR) is 55.8 cm³/mol. The van der Waals surface area contributed by atoms with Crippen LogP contribution in [0.15, 0.2) is 0 Å². The van der Waals surface area contributed by atoms with Crippen molar-refractivity contribution in [3.63, 3.8) is 0 Å². The summed E-state index contributed by atoms with van der Waals surface area (Å²) in [5.74, 6) is -4.24. The van der Waals surface area contributed by atoms with Crippen LogP contribution in [0.25, 0.3) is 0 Å². The van der Waals surface area contributed by atoms with Crippen molar-refractivity contribution >= 4 is 5.97 Å². The number of halogens is 3. The van der Waals surface area contributed by atoms with Crippen LogP contribution in [-0.4, -0.2) is 43.6 Å². The molecular formula is C10H18F3NO3. The molecule has 0 bridgehead atoms. The van der Waals surface area contributed by atoms with Crippen LogP contribution in [0.5, 0.6) is 0 Å². The van der Waals surface area contributed by atoms with Crippen LogP contribution in [0.3, 0.4) is 0 Å². The number of alkyl halides is 3. The molecule has 0 fully saturated rings. The van der Waals surface area contributed by atoms with Crippen LogP contribution in [0, 0.1) is 5.92 Å². The summed E-state index contributed by atoms with van der Waals surface area (Å²) in [6, 6.07) is -0.255. The SMILES string of the molecule is CCCC(COC)NCC(C(=O)O)C(F)(F)F. The molecular weight excluding hydrogens is 239 g/mol. The van der Waals surface area contributed by atoms with Gasteiger partial charge in [-0.25, -0.2) is 0 Å². The van der Waals surface area contributed by atoms with Crippen LogP contribution in [0.1, 0.15) is 19.8 Å². The first kappa shape index (κ1) is 16.2. The maximum Gasteiger partial charge on any atom is 0.403 e. The lowest BCUT2D eigenvalue weighted by Crippen LogP contribution is -2.44. The van der Waals surface area contributed by atoms with Gasteiger partial charge in [0.05, 0.1) is 6.61 Å². The molecule has 0 amide bonds. The molecule has 0 saturated heterocycles. The van der Waals surface area contributed by atoms with E-state index in [0.717, 1.165) is 6.42 Å². The molecule has 0 aromatic rings. The van der Waals surface area contributed by atoms with Gasteiger partial charge < -0.3 is 15.2 Å². The van der Waals surface area contributed by atoms with E-state index in [1.165, 1.54) is 7.11 Å². The fraction of sp³-hybridized carbons (Fsp3) is 0.900. The van der Waals surface area contributed by atoms with Gasteiger partial charge in [0.15, 0.2) is 5.92 Å². The summed E-state index contributed by atoms with van der Waals surface area (Å²) < 4.78 is 41.9. The van der Waals surface area contributed by atoms with Gasteiger partial charge in [-0.05, 0) is 6.42 Å². The molecule has 0 radical (unpaired) electrons. The quantitative estimate of drug-likeness (QED) is 0.694. The maximum absolute atomic E-state index is 12.3. The monoisotopic (exact) mass is 257 g/mol. The van der Waals surface area contributed by atoms with Crippen molar-refractivity contribution in [2.75, 3.05) is 20.3 Å². The molecule has 0 rings (SSSR count). The molecule has 0 aliphatic carbocycles. The maximum atomic E-state index is 12.3. The van der Waals surface area contributed by atoms with Crippen molar-refractivity contribution in [2.24, 2.45) is 5.92 Å². The van der Waals surface area contributed by atoms with E-state index >= 15 is 0 Å². The number of methoxy groups -OCH3 is 1. The minimum atomic E-state index is -4.73. The first-order chi connectivity index (χ1) is 7.82. The Bertz CT molecular complexity index is 227. The molecule has 7 heteroatoms. The molecule has 102 valence electrons. The lowest BCUT2D eigenvalue weighted by atomic mass is 10.1. The normalized spacial score (nSPS) is 15.6. The van der Waals surface area contributed by atoms with E-state index in [4.69, 9.17) is 9.84 Å². The zero-order valence-corrected chi connectivity index (χ0v) is 9.88. The largest absolute Gasteiger partial charge is 0.481 e. The van der Waals surface area contributed by atoms with Crippen LogP contribution >= 0.6 is 0 Å². The number of nitrogens with one attached hydrogen (secondary N) is 1. The van der Waals surface area contributed by atoms with Crippen LogP contribution in [0.4, 0.5) is 13.2 Å². The molecule has 17 heavy (non-hydrogen) atoms. The van der Waals surface area contributed by atoms with E-state index in [9.17, 15) is 18.0 Å². The predicted octanol–water partition coefficient (Wildman–Crippen LogP) is 1.65. The molecule has 0 aromatic carbocycles. The Hall–Kier alpha value is -0.820. The minimum Gasteiger partial charge on any atom is -0.481 e. The van der Waals surface area contributed by atoms with Gasteiger partial charge in [-0.15, -0.1) is 0 Å². The fourth-order valence-corrected chi connectivity index (χ4v) is 1.42. The molecule has 2 N–H and O–H groups in total. The van der Waals surface area contributed by atoms with Gasteiger partial charge >= 0.3 is 12.1 Å². The van der Waals surface area contributed by atoms with Gasteiger partial charge in [0.1, 0.15) is 0 Å². The summed E-state index contributed by atoms with van der Waals surface area (Å²) in [5, 5.41) is 11.1. The minimum absolute atomic E-state index is 0.255. The number of carbonyl (C=O) groups is 1. The first-order valence-electron chi connectivity index (χ1n) is 5.34. The topological polar surface area (TPSA) is 58.6 Å². The van der Waals surface area contributed by atoms with Crippen molar-refractivity contribution in [2.45, 2.75) is 32.0 Å². The van der Waals surface area contributed by atoms with Gasteiger partial charge in [-0.2, -0.15) is 13.2 Å². The molecule has 0 aliphatic heterocycles. The van der Waals surface area contributed by atoms with E-state index in [1.54, 1.807) is 0 Å². The van der Waals surface area contributed by atoms with Crippen molar-refractivity contribution in [1.29, 1.82) is 0 Å². The Morgan fingerprint density at radius 1 is 1.47 bits per heavy atom. The molecule has 2 atom stereocenters. The molecule has 0 spiro atoms. The third-order valence-corrected chi connectivity index (χ3v) is 2.31. The number of aliphatic carboxylic acids is 1. The van der Waals surface area contributed by atoms with E-state index < -0.39 is 24.6 Å². The van der Waals surface area contributed by atoms with Gasteiger partial charge in [0.2, 0.25) is 0 Å². The summed E-state index contributed by atoms with van der Waals surface area (Å²) in [6.07, 6.45) is -3.31. The van der Waals surface area contributed by atoms with E-state index in [0.29, 0.717) is 6.42 Å². The summed E-state index contributed by atoms with van der Waals surface area (Å²) in [6.45, 7) is 1.52. The van der Waals surface area contributed by atoms with Gasteiger partial charge in [-0.3, -0.25) is 4.79 Å². The average Bonchev–Trinajstić information content (AvgIpc) is 2.15. The van der Waals surface area contributed by atoms with Gasteiger partial charge in [0, 0.05) is 19.7 Å². The van der Waals surface area contributed by atoms with E-state index in [-0.39, 0.29) is 12.6 Å². The zero-order chi connectivity index (χ0) is 13.5. The Morgan fingerprint density at radius 2 is 2.06 bits per heavy atom. The Morgan fingerprint density at radius 3 is 2.41 bits per heavy atom. The summed E-state index contributed by atoms with van der Waals surface area (Å²) in [5.41, 5.74) is 0. The molecule has 0 heterocycles. The molecule has 4 nitrogen and oxygen atoms in total. The highest BCUT2D eigenvalue weighted by atomic mass is 19.4. The molecule has 2 unspecified atom stereocenters. The number of rotatable bonds is 8. The second-order valence-corrected chi connectivity index (χ2v) is 3.78. The van der Waals surface area contributed by atoms with E-state index in [1.807, 2.05) is 6.92 Å². The third kappa shape index (κ3) is 6.48. The van der Waals surface area contributed by atoms with Crippen LogP contribution in [-0.2, 0) is 9.53 Å². The second-order valence-electron chi connectivity index (χ2n) is 3.78. The standard InChI is InChI=1S/C10H18F3NO3/c1-3-4-7(6-17-2)14-5-8(9(15)16)10(11,12)13/h7-8,14H,3-6H2,1-2H3,(H,15,16). The number of carboxylic acids is 1. The first-order valence-corrected chi connectivity index (χ1v) is 5.34. The number of carboxylic acid groups (broad SMARTS) is 1. The number of ether oxygens (including phenoxy) is 1. The van der Waals surface area contributed by atoms with Crippen molar-refractivity contribution in [3.8, 4) is 0 Å². The summed E-state index contributed by atoms with van der Waals surface area (Å²) >= 11 is 0. The number of hydrogen-bond acceptors (Lipinski definition) is 3. The fourth-order valence-electron chi connectivity index (χ4n) is 1.42. The zero-order valence-electron chi connectivity index (χ0n) is 9.88. The van der Waals surface area contributed by atoms with Crippen molar-refractivity contribution in [1.82, 2.24) is 5.32 Å². The molecule has 0 aliphatic rings.